The number of rotatable bonds is 3. The fourth-order valence-electron chi connectivity index (χ4n) is 2.48. The van der Waals surface area contributed by atoms with E-state index < -0.39 is 5.82 Å². The minimum Gasteiger partial charge on any atom is -0.338 e. The summed E-state index contributed by atoms with van der Waals surface area (Å²) in [6, 6.07) is 4.01. The van der Waals surface area contributed by atoms with E-state index in [9.17, 15) is 14.0 Å². The number of amides is 2. The van der Waals surface area contributed by atoms with Crippen LogP contribution in [-0.4, -0.2) is 68.0 Å². The highest BCUT2D eigenvalue weighted by molar-refractivity contribution is 9.10. The van der Waals surface area contributed by atoms with Crippen molar-refractivity contribution in [1.29, 1.82) is 0 Å². The predicted octanol–water partition coefficient (Wildman–Crippen LogP) is 0.559. The predicted molar refractivity (Wildman–Crippen MR) is 84.4 cm³/mol. The summed E-state index contributed by atoms with van der Waals surface area (Å²) in [5.74, 6) is -0.827. The summed E-state index contributed by atoms with van der Waals surface area (Å²) in [7, 11) is 0. The van der Waals surface area contributed by atoms with Crippen LogP contribution < -0.4 is 0 Å². The molecular formula is C14H14BrFN6O2. The second-order valence-corrected chi connectivity index (χ2v) is 6.16. The zero-order valence-electron chi connectivity index (χ0n) is 12.6. The number of carbonyl (C=O) groups is 2. The van der Waals surface area contributed by atoms with Crippen molar-refractivity contribution in [2.45, 2.75) is 6.54 Å². The molecule has 0 bridgehead atoms. The fraction of sp³-hybridized carbons (Fsp3) is 0.357. The van der Waals surface area contributed by atoms with E-state index in [-0.39, 0.29) is 23.9 Å². The number of tetrazole rings is 1. The number of nitrogens with zero attached hydrogens (tertiary/aromatic N) is 6. The summed E-state index contributed by atoms with van der Waals surface area (Å²) in [6.07, 6.45) is 1.37. The summed E-state index contributed by atoms with van der Waals surface area (Å²) in [5.41, 5.74) is 0.281. The lowest BCUT2D eigenvalue weighted by Gasteiger charge is -2.34. The van der Waals surface area contributed by atoms with Gasteiger partial charge in [0, 0.05) is 30.7 Å². The maximum absolute atomic E-state index is 13.4. The van der Waals surface area contributed by atoms with Crippen molar-refractivity contribution in [3.05, 3.63) is 40.4 Å². The molecule has 0 aliphatic carbocycles. The molecule has 1 aliphatic heterocycles. The number of benzene rings is 1. The monoisotopic (exact) mass is 396 g/mol. The van der Waals surface area contributed by atoms with Gasteiger partial charge in [-0.05, 0) is 44.6 Å². The van der Waals surface area contributed by atoms with E-state index in [4.69, 9.17) is 0 Å². The molecule has 1 aliphatic rings. The molecule has 2 heterocycles. The summed E-state index contributed by atoms with van der Waals surface area (Å²) in [5, 5.41) is 10.6. The third kappa shape index (κ3) is 3.58. The van der Waals surface area contributed by atoms with Gasteiger partial charge in [-0.2, -0.15) is 0 Å². The minimum atomic E-state index is -0.461. The van der Waals surface area contributed by atoms with Gasteiger partial charge in [0.25, 0.3) is 5.91 Å². The number of carbonyl (C=O) groups excluding carboxylic acids is 2. The Bertz CT molecular complexity index is 746. The van der Waals surface area contributed by atoms with Crippen molar-refractivity contribution in [1.82, 2.24) is 30.0 Å². The normalized spacial score (nSPS) is 14.8. The number of piperazine rings is 1. The lowest BCUT2D eigenvalue weighted by atomic mass is 10.1. The average Bonchev–Trinajstić information content (AvgIpc) is 3.09. The van der Waals surface area contributed by atoms with Crippen molar-refractivity contribution in [3.8, 4) is 0 Å². The summed E-state index contributed by atoms with van der Waals surface area (Å²) in [4.78, 5) is 27.9. The highest BCUT2D eigenvalue weighted by Crippen LogP contribution is 2.20. The minimum absolute atomic E-state index is 0.0659. The van der Waals surface area contributed by atoms with Gasteiger partial charge in [-0.15, -0.1) is 5.10 Å². The summed E-state index contributed by atoms with van der Waals surface area (Å²) in [6.45, 7) is 1.68. The largest absolute Gasteiger partial charge is 0.338 e. The quantitative estimate of drug-likeness (QED) is 0.756. The zero-order chi connectivity index (χ0) is 17.1. The molecule has 1 fully saturated rings. The number of hydrogen-bond acceptors (Lipinski definition) is 5. The Balaban J connectivity index is 1.59. The molecular weight excluding hydrogens is 383 g/mol. The Labute approximate surface area is 145 Å². The molecule has 8 nitrogen and oxygen atoms in total. The maximum atomic E-state index is 13.4. The molecule has 24 heavy (non-hydrogen) atoms. The van der Waals surface area contributed by atoms with Crippen LogP contribution in [0.25, 0.3) is 0 Å². The molecule has 10 heteroatoms. The molecule has 0 saturated carbocycles. The third-order valence-electron chi connectivity index (χ3n) is 3.77. The van der Waals surface area contributed by atoms with Gasteiger partial charge in [-0.3, -0.25) is 9.59 Å². The highest BCUT2D eigenvalue weighted by atomic mass is 79.9. The Hall–Kier alpha value is -2.36. The zero-order valence-corrected chi connectivity index (χ0v) is 14.2. The van der Waals surface area contributed by atoms with Gasteiger partial charge in [0.15, 0.2) is 0 Å². The number of aromatic nitrogens is 4. The molecule has 0 N–H and O–H groups in total. The van der Waals surface area contributed by atoms with Gasteiger partial charge in [0.1, 0.15) is 18.7 Å². The highest BCUT2D eigenvalue weighted by Gasteiger charge is 2.26. The second kappa shape index (κ2) is 7.04. The van der Waals surface area contributed by atoms with Crippen molar-refractivity contribution in [2.24, 2.45) is 0 Å². The van der Waals surface area contributed by atoms with E-state index in [1.54, 1.807) is 9.80 Å². The third-order valence-corrected chi connectivity index (χ3v) is 4.46. The molecule has 1 saturated heterocycles. The van der Waals surface area contributed by atoms with Crippen molar-refractivity contribution < 1.29 is 14.0 Å². The first-order valence-electron chi connectivity index (χ1n) is 7.27. The lowest BCUT2D eigenvalue weighted by Crippen LogP contribution is -2.51. The SMILES string of the molecule is O=C(Cn1cnnn1)N1CCN(C(=O)c2cc(F)ccc2Br)CC1. The standard InChI is InChI=1S/C14H14BrFN6O2/c15-12-2-1-10(16)7-11(12)14(24)21-5-3-20(4-6-21)13(23)8-22-9-17-18-19-22/h1-2,7,9H,3-6,8H2. The van der Waals surface area contributed by atoms with Crippen LogP contribution in [0.1, 0.15) is 10.4 Å². The van der Waals surface area contributed by atoms with Gasteiger partial charge >= 0.3 is 0 Å². The van der Waals surface area contributed by atoms with Gasteiger partial charge in [-0.25, -0.2) is 9.07 Å². The van der Waals surface area contributed by atoms with Gasteiger partial charge < -0.3 is 9.80 Å². The van der Waals surface area contributed by atoms with Crippen molar-refractivity contribution >= 4 is 27.7 Å². The Morgan fingerprint density at radius 1 is 1.17 bits per heavy atom. The molecule has 2 aromatic rings. The van der Waals surface area contributed by atoms with Gasteiger partial charge in [-0.1, -0.05) is 0 Å². The number of halogens is 2. The number of hydrogen-bond donors (Lipinski definition) is 0. The van der Waals surface area contributed by atoms with E-state index in [0.717, 1.165) is 0 Å². The first-order chi connectivity index (χ1) is 11.5. The Morgan fingerprint density at radius 2 is 1.88 bits per heavy atom. The molecule has 0 spiro atoms. The lowest BCUT2D eigenvalue weighted by molar-refractivity contribution is -0.133. The molecule has 3 rings (SSSR count). The van der Waals surface area contributed by atoms with Gasteiger partial charge in [0.05, 0.1) is 5.56 Å². The summed E-state index contributed by atoms with van der Waals surface area (Å²) >= 11 is 3.27. The van der Waals surface area contributed by atoms with Crippen LogP contribution in [0, 0.1) is 5.82 Å². The first-order valence-corrected chi connectivity index (χ1v) is 8.07. The van der Waals surface area contributed by atoms with Crippen LogP contribution in [-0.2, 0) is 11.3 Å². The van der Waals surface area contributed by atoms with E-state index >= 15 is 0 Å². The maximum Gasteiger partial charge on any atom is 0.255 e. The average molecular weight is 397 g/mol. The van der Waals surface area contributed by atoms with Crippen LogP contribution in [0.5, 0.6) is 0 Å². The van der Waals surface area contributed by atoms with E-state index in [1.807, 2.05) is 0 Å². The van der Waals surface area contributed by atoms with E-state index in [0.29, 0.717) is 30.7 Å². The fourth-order valence-corrected chi connectivity index (χ4v) is 2.90. The molecule has 0 radical (unpaired) electrons. The topological polar surface area (TPSA) is 84.2 Å². The Kier molecular flexibility index (Phi) is 4.84. The van der Waals surface area contributed by atoms with Crippen LogP contribution in [0.3, 0.4) is 0 Å². The molecule has 2 amide bonds. The van der Waals surface area contributed by atoms with E-state index in [1.165, 1.54) is 29.2 Å². The first kappa shape index (κ1) is 16.5. The summed E-state index contributed by atoms with van der Waals surface area (Å²) < 4.78 is 15.3. The molecule has 0 atom stereocenters. The van der Waals surface area contributed by atoms with Crippen molar-refractivity contribution in [2.75, 3.05) is 26.2 Å². The van der Waals surface area contributed by atoms with Crippen LogP contribution in [0.2, 0.25) is 0 Å². The second-order valence-electron chi connectivity index (χ2n) is 5.30. The molecule has 126 valence electrons. The van der Waals surface area contributed by atoms with E-state index in [2.05, 4.69) is 31.5 Å². The van der Waals surface area contributed by atoms with Gasteiger partial charge in [0.2, 0.25) is 5.91 Å². The molecule has 1 aromatic carbocycles. The van der Waals surface area contributed by atoms with Crippen LogP contribution in [0.15, 0.2) is 29.0 Å². The molecule has 1 aromatic heterocycles. The van der Waals surface area contributed by atoms with Crippen molar-refractivity contribution in [3.63, 3.8) is 0 Å². The van der Waals surface area contributed by atoms with Crippen LogP contribution in [0.4, 0.5) is 4.39 Å². The Morgan fingerprint density at radius 3 is 2.54 bits per heavy atom. The van der Waals surface area contributed by atoms with Crippen LogP contribution >= 0.6 is 15.9 Å². The molecule has 0 unspecified atom stereocenters. The smallest absolute Gasteiger partial charge is 0.255 e.